The number of aromatic nitrogens is 2. The summed E-state index contributed by atoms with van der Waals surface area (Å²) in [6, 6.07) is 26.9. The zero-order valence-corrected chi connectivity index (χ0v) is 27.4. The van der Waals surface area contributed by atoms with E-state index in [0.717, 1.165) is 44.6 Å². The Balaban J connectivity index is 1.43. The zero-order valence-electron chi connectivity index (χ0n) is 25.9. The van der Waals surface area contributed by atoms with Crippen LogP contribution in [0, 0.1) is 0 Å². The van der Waals surface area contributed by atoms with Crippen LogP contribution in [0.4, 0.5) is 0 Å². The highest BCUT2D eigenvalue weighted by atomic mass is 35.5. The summed E-state index contributed by atoms with van der Waals surface area (Å²) >= 11 is 12.7. The Labute approximate surface area is 273 Å². The average molecular weight is 645 g/mol. The molecule has 45 heavy (non-hydrogen) atoms. The largest absolute Gasteiger partial charge is 0.497 e. The van der Waals surface area contributed by atoms with Crippen molar-refractivity contribution in [1.82, 2.24) is 15.1 Å². The van der Waals surface area contributed by atoms with Crippen molar-refractivity contribution in [1.29, 1.82) is 0 Å². The van der Waals surface area contributed by atoms with Gasteiger partial charge in [-0.15, -0.1) is 0 Å². The third-order valence-corrected chi connectivity index (χ3v) is 7.73. The summed E-state index contributed by atoms with van der Waals surface area (Å²) < 4.78 is 12.7. The lowest BCUT2D eigenvalue weighted by Crippen LogP contribution is -2.29. The number of hydrogen-bond acceptors (Lipinski definition) is 5. The maximum atomic E-state index is 12.8. The molecular weight excluding hydrogens is 609 g/mol. The van der Waals surface area contributed by atoms with Gasteiger partial charge in [0, 0.05) is 33.3 Å². The van der Waals surface area contributed by atoms with Crippen LogP contribution in [-0.4, -0.2) is 40.9 Å². The van der Waals surface area contributed by atoms with Gasteiger partial charge in [0.05, 0.1) is 31.0 Å². The SMILES string of the molecule is COc1ccc2cc(-c3cc(-c4cc(Cl)cc(Cl)c4)nn3[C@@H](C)c3ccc(C(=O)NCCC(=O)OC(C)(C)C)cc3)ccc2c1. The van der Waals surface area contributed by atoms with E-state index in [-0.39, 0.29) is 30.9 Å². The van der Waals surface area contributed by atoms with E-state index in [2.05, 4.69) is 30.4 Å². The van der Waals surface area contributed by atoms with Gasteiger partial charge in [0.15, 0.2) is 0 Å². The number of esters is 1. The van der Waals surface area contributed by atoms with Gasteiger partial charge >= 0.3 is 5.97 Å². The van der Waals surface area contributed by atoms with E-state index >= 15 is 0 Å². The fourth-order valence-electron chi connectivity index (χ4n) is 5.09. The van der Waals surface area contributed by atoms with Crippen LogP contribution in [0.1, 0.15) is 56.1 Å². The molecule has 5 rings (SSSR count). The Hall–Kier alpha value is -4.33. The Kier molecular flexibility index (Phi) is 9.51. The van der Waals surface area contributed by atoms with Gasteiger partial charge in [-0.1, -0.05) is 53.5 Å². The number of benzene rings is 4. The first-order valence-electron chi connectivity index (χ1n) is 14.6. The Morgan fingerprint density at radius 3 is 2.20 bits per heavy atom. The lowest BCUT2D eigenvalue weighted by atomic mass is 10.0. The summed E-state index contributed by atoms with van der Waals surface area (Å²) in [7, 11) is 1.66. The molecule has 1 aromatic heterocycles. The third-order valence-electron chi connectivity index (χ3n) is 7.29. The number of amides is 1. The number of halogens is 2. The number of hydrogen-bond donors (Lipinski definition) is 1. The summed E-state index contributed by atoms with van der Waals surface area (Å²) in [5.41, 5.74) is 4.34. The molecule has 0 saturated heterocycles. The number of methoxy groups -OCH3 is 1. The minimum absolute atomic E-state index is 0.0999. The Morgan fingerprint density at radius 1 is 0.867 bits per heavy atom. The first-order valence-corrected chi connectivity index (χ1v) is 15.4. The van der Waals surface area contributed by atoms with Crippen LogP contribution < -0.4 is 10.1 Å². The fourth-order valence-corrected chi connectivity index (χ4v) is 5.61. The van der Waals surface area contributed by atoms with Crippen molar-refractivity contribution in [3.63, 3.8) is 0 Å². The minimum Gasteiger partial charge on any atom is -0.497 e. The smallest absolute Gasteiger partial charge is 0.308 e. The molecule has 4 aromatic carbocycles. The van der Waals surface area contributed by atoms with E-state index in [1.165, 1.54) is 0 Å². The number of fused-ring (bicyclic) bond motifs is 1. The van der Waals surface area contributed by atoms with E-state index in [1.807, 2.05) is 74.0 Å². The first kappa shape index (κ1) is 32.1. The van der Waals surface area contributed by atoms with Crippen molar-refractivity contribution in [3.05, 3.63) is 106 Å². The van der Waals surface area contributed by atoms with E-state index in [9.17, 15) is 9.59 Å². The lowest BCUT2D eigenvalue weighted by molar-refractivity contribution is -0.154. The van der Waals surface area contributed by atoms with Crippen molar-refractivity contribution >= 4 is 45.9 Å². The molecule has 1 heterocycles. The molecule has 0 fully saturated rings. The van der Waals surface area contributed by atoms with Gasteiger partial charge in [-0.3, -0.25) is 14.3 Å². The maximum Gasteiger partial charge on any atom is 0.308 e. The molecule has 1 amide bonds. The predicted octanol–water partition coefficient (Wildman–Crippen LogP) is 8.76. The zero-order chi connectivity index (χ0) is 32.3. The molecule has 7 nitrogen and oxygen atoms in total. The molecule has 5 aromatic rings. The van der Waals surface area contributed by atoms with E-state index in [4.69, 9.17) is 37.8 Å². The van der Waals surface area contributed by atoms with E-state index in [0.29, 0.717) is 15.6 Å². The second-order valence-corrected chi connectivity index (χ2v) is 12.7. The average Bonchev–Trinajstić information content (AvgIpc) is 3.44. The molecule has 0 aliphatic heterocycles. The third kappa shape index (κ3) is 7.85. The summed E-state index contributed by atoms with van der Waals surface area (Å²) in [5, 5.41) is 11.0. The van der Waals surface area contributed by atoms with Crippen LogP contribution in [-0.2, 0) is 9.53 Å². The monoisotopic (exact) mass is 643 g/mol. The number of nitrogens with zero attached hydrogens (tertiary/aromatic N) is 2. The normalized spacial score (nSPS) is 12.2. The molecule has 9 heteroatoms. The van der Waals surface area contributed by atoms with Gasteiger partial charge in [0.2, 0.25) is 0 Å². The maximum absolute atomic E-state index is 12.8. The second kappa shape index (κ2) is 13.3. The van der Waals surface area contributed by atoms with E-state index in [1.54, 1.807) is 25.3 Å². The number of ether oxygens (including phenoxy) is 2. The van der Waals surface area contributed by atoms with Gasteiger partial charge in [-0.25, -0.2) is 0 Å². The van der Waals surface area contributed by atoms with Crippen LogP contribution in [0.25, 0.3) is 33.3 Å². The summed E-state index contributed by atoms with van der Waals surface area (Å²) in [6.45, 7) is 7.69. The molecule has 0 bridgehead atoms. The van der Waals surface area contributed by atoms with Crippen LogP contribution in [0.5, 0.6) is 5.75 Å². The predicted molar refractivity (Wildman–Crippen MR) is 180 cm³/mol. The molecule has 232 valence electrons. The van der Waals surface area contributed by atoms with Crippen LogP contribution in [0.3, 0.4) is 0 Å². The van der Waals surface area contributed by atoms with Crippen molar-refractivity contribution in [2.75, 3.05) is 13.7 Å². The molecule has 0 aliphatic carbocycles. The lowest BCUT2D eigenvalue weighted by Gasteiger charge is -2.19. The molecule has 1 atom stereocenters. The van der Waals surface area contributed by atoms with Gasteiger partial charge in [-0.2, -0.15) is 5.10 Å². The van der Waals surface area contributed by atoms with Crippen LogP contribution >= 0.6 is 23.2 Å². The molecule has 0 spiro atoms. The molecular formula is C36H35Cl2N3O4. The van der Waals surface area contributed by atoms with Crippen LogP contribution in [0.15, 0.2) is 84.9 Å². The first-order chi connectivity index (χ1) is 21.4. The highest BCUT2D eigenvalue weighted by Crippen LogP contribution is 2.35. The van der Waals surface area contributed by atoms with E-state index < -0.39 is 5.60 Å². The van der Waals surface area contributed by atoms with Crippen molar-refractivity contribution in [3.8, 4) is 28.3 Å². The molecule has 0 saturated carbocycles. The summed E-state index contributed by atoms with van der Waals surface area (Å²) in [5.74, 6) is 0.187. The van der Waals surface area contributed by atoms with Gasteiger partial charge in [-0.05, 0) is 98.6 Å². The van der Waals surface area contributed by atoms with Gasteiger partial charge < -0.3 is 14.8 Å². The highest BCUT2D eigenvalue weighted by molar-refractivity contribution is 6.35. The number of nitrogens with one attached hydrogen (secondary N) is 1. The second-order valence-electron chi connectivity index (χ2n) is 11.8. The summed E-state index contributed by atoms with van der Waals surface area (Å²) in [6.07, 6.45) is 0.0999. The minimum atomic E-state index is -0.563. The van der Waals surface area contributed by atoms with Gasteiger partial charge in [0.1, 0.15) is 11.4 Å². The van der Waals surface area contributed by atoms with Crippen molar-refractivity contribution in [2.24, 2.45) is 0 Å². The Bertz CT molecular complexity index is 1840. The molecule has 0 unspecified atom stereocenters. The molecule has 1 N–H and O–H groups in total. The highest BCUT2D eigenvalue weighted by Gasteiger charge is 2.20. The van der Waals surface area contributed by atoms with Crippen molar-refractivity contribution in [2.45, 2.75) is 45.8 Å². The molecule has 0 aliphatic rings. The number of rotatable bonds is 9. The number of carbonyl (C=O) groups is 2. The Morgan fingerprint density at radius 2 is 1.53 bits per heavy atom. The molecule has 0 radical (unpaired) electrons. The van der Waals surface area contributed by atoms with Crippen molar-refractivity contribution < 1.29 is 19.1 Å². The van der Waals surface area contributed by atoms with Gasteiger partial charge in [0.25, 0.3) is 5.91 Å². The van der Waals surface area contributed by atoms with Crippen LogP contribution in [0.2, 0.25) is 10.0 Å². The topological polar surface area (TPSA) is 82.5 Å². The standard InChI is InChI=1S/C36H35Cl2N3O4/c1-22(23-6-8-24(9-7-23)35(43)39-15-14-34(42)45-36(2,3)4)41-33(21-32(40-41)28-17-29(37)20-30(38)18-28)27-11-10-26-19-31(44-5)13-12-25(26)16-27/h6-13,16-22H,14-15H2,1-5H3,(H,39,43)/t22-/m0/s1. The quantitative estimate of drug-likeness (QED) is 0.162. The number of carbonyl (C=O) groups excluding carboxylic acids is 2. The fraction of sp³-hybridized carbons (Fsp3) is 0.250. The summed E-state index contributed by atoms with van der Waals surface area (Å²) in [4.78, 5) is 24.7.